The van der Waals surface area contributed by atoms with Gasteiger partial charge in [0.1, 0.15) is 6.04 Å². The molecule has 3 nitrogen and oxygen atoms in total. The van der Waals surface area contributed by atoms with Crippen LogP contribution in [0.25, 0.3) is 0 Å². The number of rotatable bonds is 1. The van der Waals surface area contributed by atoms with Gasteiger partial charge in [-0.15, -0.1) is 0 Å². The number of nitrogens with one attached hydrogen (secondary N) is 1. The summed E-state index contributed by atoms with van der Waals surface area (Å²) in [6.07, 6.45) is 0.162. The third-order valence-corrected chi connectivity index (χ3v) is 3.12. The van der Waals surface area contributed by atoms with E-state index >= 15 is 0 Å². The molecule has 0 bridgehead atoms. The highest BCUT2D eigenvalue weighted by molar-refractivity contribution is 5.74. The second-order valence-electron chi connectivity index (χ2n) is 3.79. The summed E-state index contributed by atoms with van der Waals surface area (Å²) in [5.74, 6) is -4.83. The molecule has 3 atom stereocenters. The minimum absolute atomic E-state index is 0.134. The first-order valence-electron chi connectivity index (χ1n) is 4.36. The van der Waals surface area contributed by atoms with Crippen LogP contribution >= 0.6 is 0 Å². The van der Waals surface area contributed by atoms with Crippen molar-refractivity contribution in [3.8, 4) is 0 Å². The van der Waals surface area contributed by atoms with E-state index in [1.807, 2.05) is 0 Å². The summed E-state index contributed by atoms with van der Waals surface area (Å²) < 4.78 is 26.2. The van der Waals surface area contributed by atoms with Gasteiger partial charge < -0.3 is 10.4 Å². The molecule has 1 heterocycles. The maximum atomic E-state index is 13.1. The summed E-state index contributed by atoms with van der Waals surface area (Å²) in [5, 5.41) is 11.4. The quantitative estimate of drug-likeness (QED) is 0.641. The predicted octanol–water partition coefficient (Wildman–Crippen LogP) is 0.704. The van der Waals surface area contributed by atoms with Crippen LogP contribution in [0.15, 0.2) is 0 Å². The fraction of sp³-hybridized carbons (Fsp3) is 0.875. The molecule has 0 aromatic heterocycles. The molecule has 0 aromatic carbocycles. The summed E-state index contributed by atoms with van der Waals surface area (Å²) in [6, 6.07) is -0.765. The smallest absolute Gasteiger partial charge is 0.320 e. The number of alkyl halides is 2. The largest absolute Gasteiger partial charge is 0.480 e. The lowest BCUT2D eigenvalue weighted by Gasteiger charge is -2.16. The van der Waals surface area contributed by atoms with Crippen molar-refractivity contribution < 1.29 is 18.7 Å². The van der Waals surface area contributed by atoms with Gasteiger partial charge >= 0.3 is 5.97 Å². The number of carboxylic acids is 1. The van der Waals surface area contributed by atoms with Crippen molar-refractivity contribution in [1.29, 1.82) is 0 Å². The lowest BCUT2D eigenvalue weighted by Crippen LogP contribution is -2.35. The average Bonchev–Trinajstić information content (AvgIpc) is 2.52. The molecule has 2 fully saturated rings. The van der Waals surface area contributed by atoms with E-state index in [9.17, 15) is 13.6 Å². The number of carbonyl (C=O) groups is 1. The summed E-state index contributed by atoms with van der Waals surface area (Å²) in [6.45, 7) is 0.134. The number of hydrogen-bond donors (Lipinski definition) is 2. The first-order chi connectivity index (χ1) is 6.02. The van der Waals surface area contributed by atoms with Gasteiger partial charge in [0.05, 0.1) is 0 Å². The molecular formula is C8H11F2NO2. The summed E-state index contributed by atoms with van der Waals surface area (Å²) >= 11 is 0. The van der Waals surface area contributed by atoms with E-state index in [4.69, 9.17) is 5.11 Å². The van der Waals surface area contributed by atoms with Crippen LogP contribution in [0.1, 0.15) is 12.8 Å². The van der Waals surface area contributed by atoms with Crippen LogP contribution in [0.3, 0.4) is 0 Å². The first-order valence-corrected chi connectivity index (χ1v) is 4.36. The van der Waals surface area contributed by atoms with Crippen LogP contribution < -0.4 is 5.32 Å². The molecule has 2 N–H and O–H groups in total. The highest BCUT2D eigenvalue weighted by Crippen LogP contribution is 2.47. The van der Waals surface area contributed by atoms with Gasteiger partial charge in [-0.05, 0) is 12.3 Å². The van der Waals surface area contributed by atoms with Gasteiger partial charge in [0.25, 0.3) is 5.92 Å². The maximum absolute atomic E-state index is 13.1. The molecule has 5 heteroatoms. The van der Waals surface area contributed by atoms with E-state index in [0.29, 0.717) is 6.42 Å². The van der Waals surface area contributed by atoms with E-state index in [-0.39, 0.29) is 18.9 Å². The second-order valence-corrected chi connectivity index (χ2v) is 3.79. The van der Waals surface area contributed by atoms with Crippen molar-refractivity contribution in [2.45, 2.75) is 24.8 Å². The fourth-order valence-electron chi connectivity index (χ4n) is 2.43. The molecule has 2 rings (SSSR count). The van der Waals surface area contributed by atoms with E-state index in [1.165, 1.54) is 0 Å². The Bertz CT molecular complexity index is 244. The standard InChI is InChI=1S/C8H11F2NO2/c9-8(10)2-1-4-5(8)3-11-6(4)7(12)13/h4-6,11H,1-3H2,(H,12,13)/t4-,5-,6+/m0/s1. The Morgan fingerprint density at radius 3 is 2.85 bits per heavy atom. The minimum atomic E-state index is -2.66. The summed E-state index contributed by atoms with van der Waals surface area (Å²) in [4.78, 5) is 10.6. The van der Waals surface area contributed by atoms with Crippen molar-refractivity contribution in [3.63, 3.8) is 0 Å². The van der Waals surface area contributed by atoms with E-state index in [0.717, 1.165) is 0 Å². The molecule has 1 aliphatic heterocycles. The molecule has 1 saturated carbocycles. The fourth-order valence-corrected chi connectivity index (χ4v) is 2.43. The van der Waals surface area contributed by atoms with Gasteiger partial charge in [-0.25, -0.2) is 8.78 Å². The summed E-state index contributed by atoms with van der Waals surface area (Å²) in [7, 11) is 0. The second kappa shape index (κ2) is 2.64. The Balaban J connectivity index is 2.16. The molecule has 2 aliphatic rings. The van der Waals surface area contributed by atoms with Gasteiger partial charge in [0.2, 0.25) is 0 Å². The van der Waals surface area contributed by atoms with Crippen molar-refractivity contribution in [3.05, 3.63) is 0 Å². The third kappa shape index (κ3) is 1.22. The molecule has 74 valence electrons. The molecule has 0 aromatic rings. The minimum Gasteiger partial charge on any atom is -0.480 e. The van der Waals surface area contributed by atoms with Gasteiger partial charge in [0.15, 0.2) is 0 Å². The average molecular weight is 191 g/mol. The number of fused-ring (bicyclic) bond motifs is 1. The molecule has 0 radical (unpaired) electrons. The van der Waals surface area contributed by atoms with Crippen molar-refractivity contribution in [1.82, 2.24) is 5.32 Å². The van der Waals surface area contributed by atoms with Crippen LogP contribution in [0.2, 0.25) is 0 Å². The predicted molar refractivity (Wildman–Crippen MR) is 40.6 cm³/mol. The molecule has 1 aliphatic carbocycles. The Hall–Kier alpha value is -0.710. The Morgan fingerprint density at radius 1 is 1.54 bits per heavy atom. The van der Waals surface area contributed by atoms with Crippen LogP contribution in [0, 0.1) is 11.8 Å². The van der Waals surface area contributed by atoms with Gasteiger partial charge in [-0.2, -0.15) is 0 Å². The molecule has 13 heavy (non-hydrogen) atoms. The van der Waals surface area contributed by atoms with Crippen LogP contribution in [0.4, 0.5) is 8.78 Å². The number of halogens is 2. The third-order valence-electron chi connectivity index (χ3n) is 3.12. The maximum Gasteiger partial charge on any atom is 0.320 e. The molecular weight excluding hydrogens is 180 g/mol. The SMILES string of the molecule is O=C(O)[C@@H]1NC[C@H]2[C@@H]1CCC2(F)F. The molecule has 0 unspecified atom stereocenters. The zero-order chi connectivity index (χ0) is 9.64. The number of carboxylic acid groups (broad SMARTS) is 1. The molecule has 0 spiro atoms. The zero-order valence-electron chi connectivity index (χ0n) is 6.96. The van der Waals surface area contributed by atoms with Gasteiger partial charge in [-0.1, -0.05) is 0 Å². The normalized spacial score (nSPS) is 41.8. The Kier molecular flexibility index (Phi) is 1.80. The van der Waals surface area contributed by atoms with E-state index in [2.05, 4.69) is 5.32 Å². The van der Waals surface area contributed by atoms with Gasteiger partial charge in [0, 0.05) is 18.9 Å². The summed E-state index contributed by atoms with van der Waals surface area (Å²) in [5.41, 5.74) is 0. The number of hydrogen-bond acceptors (Lipinski definition) is 2. The molecule has 0 amide bonds. The monoisotopic (exact) mass is 191 g/mol. The van der Waals surface area contributed by atoms with Crippen LogP contribution in [-0.4, -0.2) is 29.6 Å². The topological polar surface area (TPSA) is 49.3 Å². The Labute approximate surface area is 74.1 Å². The highest BCUT2D eigenvalue weighted by atomic mass is 19.3. The van der Waals surface area contributed by atoms with Crippen molar-refractivity contribution in [2.75, 3.05) is 6.54 Å². The van der Waals surface area contributed by atoms with Crippen LogP contribution in [-0.2, 0) is 4.79 Å². The first kappa shape index (κ1) is 8.87. The van der Waals surface area contributed by atoms with Crippen molar-refractivity contribution in [2.24, 2.45) is 11.8 Å². The van der Waals surface area contributed by atoms with Crippen LogP contribution in [0.5, 0.6) is 0 Å². The number of aliphatic carboxylic acids is 1. The van der Waals surface area contributed by atoms with Crippen molar-refractivity contribution >= 4 is 5.97 Å². The lowest BCUT2D eigenvalue weighted by atomic mass is 9.93. The van der Waals surface area contributed by atoms with Gasteiger partial charge in [-0.3, -0.25) is 4.79 Å². The lowest BCUT2D eigenvalue weighted by molar-refractivity contribution is -0.140. The van der Waals surface area contributed by atoms with E-state index < -0.39 is 23.9 Å². The zero-order valence-corrected chi connectivity index (χ0v) is 6.96. The molecule has 1 saturated heterocycles. The van der Waals surface area contributed by atoms with E-state index in [1.54, 1.807) is 0 Å². The highest BCUT2D eigenvalue weighted by Gasteiger charge is 2.56. The Morgan fingerprint density at radius 2 is 2.23 bits per heavy atom.